The fourth-order valence-corrected chi connectivity index (χ4v) is 4.07. The lowest BCUT2D eigenvalue weighted by Gasteiger charge is -2.20. The molecule has 1 unspecified atom stereocenters. The number of aromatic nitrogens is 3. The summed E-state index contributed by atoms with van der Waals surface area (Å²) in [7, 11) is 0. The highest BCUT2D eigenvalue weighted by Crippen LogP contribution is 2.27. The number of pyridine rings is 1. The molecule has 7 heteroatoms. The quantitative estimate of drug-likeness (QED) is 0.457. The van der Waals surface area contributed by atoms with Gasteiger partial charge in [0.1, 0.15) is 11.9 Å². The number of halogens is 2. The van der Waals surface area contributed by atoms with Crippen LogP contribution >= 0.6 is 11.6 Å². The maximum atomic E-state index is 13.3. The highest BCUT2D eigenvalue weighted by molar-refractivity contribution is 6.30. The van der Waals surface area contributed by atoms with Crippen molar-refractivity contribution < 1.29 is 9.50 Å². The molecule has 4 rings (SSSR count). The molecule has 2 aromatic heterocycles. The van der Waals surface area contributed by atoms with Crippen LogP contribution in [-0.2, 0) is 0 Å². The predicted molar refractivity (Wildman–Crippen MR) is 123 cm³/mol. The Hall–Kier alpha value is -3.22. The zero-order chi connectivity index (χ0) is 23.0. The van der Waals surface area contributed by atoms with Crippen LogP contribution < -0.4 is 5.56 Å². The molecule has 1 N–H and O–H groups in total. The van der Waals surface area contributed by atoms with Gasteiger partial charge in [-0.3, -0.25) is 4.79 Å². The minimum atomic E-state index is -1.15. The molecule has 0 aliphatic carbocycles. The van der Waals surface area contributed by atoms with Crippen LogP contribution in [0.2, 0.25) is 5.02 Å². The first-order chi connectivity index (χ1) is 15.2. The van der Waals surface area contributed by atoms with Crippen molar-refractivity contribution in [3.05, 3.63) is 116 Å². The van der Waals surface area contributed by atoms with Crippen molar-refractivity contribution in [3.63, 3.8) is 0 Å². The molecule has 2 atom stereocenters. The number of nitrogens with zero attached hydrogens (tertiary/aromatic N) is 3. The van der Waals surface area contributed by atoms with Gasteiger partial charge in [-0.2, -0.15) is 0 Å². The van der Waals surface area contributed by atoms with E-state index in [1.165, 1.54) is 29.0 Å². The van der Waals surface area contributed by atoms with E-state index in [0.29, 0.717) is 10.6 Å². The van der Waals surface area contributed by atoms with Crippen molar-refractivity contribution in [3.8, 4) is 5.69 Å². The minimum absolute atomic E-state index is 0.178. The molecule has 2 aromatic carbocycles. The molecule has 0 fully saturated rings. The van der Waals surface area contributed by atoms with Crippen molar-refractivity contribution in [1.82, 2.24) is 14.1 Å². The Morgan fingerprint density at radius 1 is 1.03 bits per heavy atom. The SMILES string of the molecule is Cc1cn(-c2ccc(C(O)c3cc(Cl)cn([C@@H](C)c4ccc(F)cc4)c3=O)cc2C)cn1. The summed E-state index contributed by atoms with van der Waals surface area (Å²) in [5, 5.41) is 11.4. The maximum absolute atomic E-state index is 13.3. The molecule has 32 heavy (non-hydrogen) atoms. The Morgan fingerprint density at radius 3 is 2.34 bits per heavy atom. The molecule has 0 saturated carbocycles. The van der Waals surface area contributed by atoms with E-state index in [1.54, 1.807) is 24.5 Å². The lowest BCUT2D eigenvalue weighted by Crippen LogP contribution is -2.28. The van der Waals surface area contributed by atoms with Crippen LogP contribution in [-0.4, -0.2) is 19.2 Å². The average molecular weight is 452 g/mol. The molecule has 4 aromatic rings. The second-order valence-corrected chi connectivity index (χ2v) is 8.36. The molecule has 0 amide bonds. The average Bonchev–Trinajstić information content (AvgIpc) is 3.20. The van der Waals surface area contributed by atoms with Crippen molar-refractivity contribution in [2.24, 2.45) is 0 Å². The first-order valence-corrected chi connectivity index (χ1v) is 10.6. The molecule has 0 bridgehead atoms. The van der Waals surface area contributed by atoms with E-state index in [1.807, 2.05) is 43.7 Å². The number of aliphatic hydroxyl groups is 1. The van der Waals surface area contributed by atoms with E-state index >= 15 is 0 Å². The summed E-state index contributed by atoms with van der Waals surface area (Å²) in [6.07, 6.45) is 4.04. The van der Waals surface area contributed by atoms with Crippen LogP contribution in [0.25, 0.3) is 5.69 Å². The molecular weight excluding hydrogens is 429 g/mol. The van der Waals surface area contributed by atoms with Gasteiger partial charge in [0.05, 0.1) is 28.6 Å². The Labute approximate surface area is 190 Å². The molecular formula is C25H23ClFN3O2. The number of rotatable bonds is 5. The van der Waals surface area contributed by atoms with Crippen LogP contribution in [0.5, 0.6) is 0 Å². The standard InChI is InChI=1S/C25H23ClFN3O2/c1-15-10-19(6-9-23(15)29-12-16(2)28-14-29)24(31)22-11-20(26)13-30(25(22)32)17(3)18-4-7-21(27)8-5-18/h4-14,17,24,31H,1-3H3/t17-,24?/m0/s1. The third-order valence-corrected chi connectivity index (χ3v) is 5.83. The lowest BCUT2D eigenvalue weighted by molar-refractivity contribution is 0.217. The number of aliphatic hydroxyl groups excluding tert-OH is 1. The predicted octanol–water partition coefficient (Wildman–Crippen LogP) is 5.13. The van der Waals surface area contributed by atoms with Gasteiger partial charge in [-0.25, -0.2) is 9.37 Å². The van der Waals surface area contributed by atoms with Gasteiger partial charge in [0.25, 0.3) is 5.56 Å². The molecule has 0 spiro atoms. The van der Waals surface area contributed by atoms with Crippen molar-refractivity contribution in [2.75, 3.05) is 0 Å². The van der Waals surface area contributed by atoms with Crippen molar-refractivity contribution in [2.45, 2.75) is 32.9 Å². The Kier molecular flexibility index (Phi) is 6.00. The van der Waals surface area contributed by atoms with Gasteiger partial charge in [0, 0.05) is 18.1 Å². The molecule has 0 aliphatic heterocycles. The Balaban J connectivity index is 1.71. The molecule has 0 aliphatic rings. The first kappa shape index (κ1) is 22.0. The minimum Gasteiger partial charge on any atom is -0.383 e. The van der Waals surface area contributed by atoms with E-state index in [9.17, 15) is 14.3 Å². The van der Waals surface area contributed by atoms with Crippen LogP contribution in [0.1, 0.15) is 47.0 Å². The Morgan fingerprint density at radius 2 is 1.72 bits per heavy atom. The fourth-order valence-electron chi connectivity index (χ4n) is 3.84. The summed E-state index contributed by atoms with van der Waals surface area (Å²) in [6.45, 7) is 5.68. The van der Waals surface area contributed by atoms with Crippen LogP contribution in [0, 0.1) is 19.7 Å². The number of imidazole rings is 1. The monoisotopic (exact) mass is 451 g/mol. The second-order valence-electron chi connectivity index (χ2n) is 7.92. The van der Waals surface area contributed by atoms with E-state index in [2.05, 4.69) is 4.98 Å². The van der Waals surface area contributed by atoms with Gasteiger partial charge in [-0.1, -0.05) is 35.9 Å². The van der Waals surface area contributed by atoms with Crippen LogP contribution in [0.4, 0.5) is 4.39 Å². The highest BCUT2D eigenvalue weighted by Gasteiger charge is 2.20. The lowest BCUT2D eigenvalue weighted by atomic mass is 9.99. The molecule has 5 nitrogen and oxygen atoms in total. The second kappa shape index (κ2) is 8.73. The summed E-state index contributed by atoms with van der Waals surface area (Å²) >= 11 is 6.31. The van der Waals surface area contributed by atoms with E-state index < -0.39 is 6.10 Å². The number of hydrogen-bond donors (Lipinski definition) is 1. The van der Waals surface area contributed by atoms with Crippen LogP contribution in [0.15, 0.2) is 72.0 Å². The molecule has 2 heterocycles. The highest BCUT2D eigenvalue weighted by atomic mass is 35.5. The van der Waals surface area contributed by atoms with E-state index in [4.69, 9.17) is 11.6 Å². The molecule has 164 valence electrons. The largest absolute Gasteiger partial charge is 0.383 e. The van der Waals surface area contributed by atoms with Gasteiger partial charge in [-0.05, 0) is 61.7 Å². The molecule has 0 saturated heterocycles. The topological polar surface area (TPSA) is 60.0 Å². The van der Waals surface area contributed by atoms with Gasteiger partial charge >= 0.3 is 0 Å². The third-order valence-electron chi connectivity index (χ3n) is 5.63. The number of hydrogen-bond acceptors (Lipinski definition) is 3. The zero-order valence-electron chi connectivity index (χ0n) is 18.0. The zero-order valence-corrected chi connectivity index (χ0v) is 18.7. The van der Waals surface area contributed by atoms with Gasteiger partial charge in [-0.15, -0.1) is 0 Å². The van der Waals surface area contributed by atoms with Crippen molar-refractivity contribution >= 4 is 11.6 Å². The number of benzene rings is 2. The Bertz CT molecular complexity index is 1330. The van der Waals surface area contributed by atoms with Gasteiger partial charge in [0.2, 0.25) is 0 Å². The van der Waals surface area contributed by atoms with E-state index in [-0.39, 0.29) is 23.0 Å². The van der Waals surface area contributed by atoms with Gasteiger partial charge < -0.3 is 14.2 Å². The summed E-state index contributed by atoms with van der Waals surface area (Å²) in [6, 6.07) is 12.6. The number of aryl methyl sites for hydroxylation is 2. The van der Waals surface area contributed by atoms with Gasteiger partial charge in [0.15, 0.2) is 0 Å². The van der Waals surface area contributed by atoms with Crippen molar-refractivity contribution in [1.29, 1.82) is 0 Å². The summed E-state index contributed by atoms with van der Waals surface area (Å²) in [5.74, 6) is -0.347. The van der Waals surface area contributed by atoms with Crippen LogP contribution in [0.3, 0.4) is 0 Å². The summed E-state index contributed by atoms with van der Waals surface area (Å²) in [4.78, 5) is 17.5. The normalized spacial score (nSPS) is 13.2. The summed E-state index contributed by atoms with van der Waals surface area (Å²) in [5.41, 5.74) is 3.94. The third kappa shape index (κ3) is 4.24. The van der Waals surface area contributed by atoms with E-state index in [0.717, 1.165) is 22.5 Å². The first-order valence-electron chi connectivity index (χ1n) is 10.2. The summed E-state index contributed by atoms with van der Waals surface area (Å²) < 4.78 is 16.7. The smallest absolute Gasteiger partial charge is 0.257 e. The maximum Gasteiger partial charge on any atom is 0.257 e. The fraction of sp³-hybridized carbons (Fsp3) is 0.200. The molecule has 0 radical (unpaired) electrons.